The van der Waals surface area contributed by atoms with E-state index >= 15 is 0 Å². The van der Waals surface area contributed by atoms with Crippen LogP contribution in [0.25, 0.3) is 5.57 Å². The summed E-state index contributed by atoms with van der Waals surface area (Å²) in [6.07, 6.45) is 6.60. The lowest BCUT2D eigenvalue weighted by molar-refractivity contribution is 0.306. The molecule has 0 bridgehead atoms. The van der Waals surface area contributed by atoms with Crippen molar-refractivity contribution < 1.29 is 9.47 Å². The van der Waals surface area contributed by atoms with E-state index in [9.17, 15) is 0 Å². The molecule has 0 spiro atoms. The van der Waals surface area contributed by atoms with E-state index in [0.717, 1.165) is 56.5 Å². The van der Waals surface area contributed by atoms with Gasteiger partial charge in [0.25, 0.3) is 0 Å². The average Bonchev–Trinajstić information content (AvgIpc) is 2.86. The highest BCUT2D eigenvalue weighted by Gasteiger charge is 2.29. The number of nitrogens with zero attached hydrogens (tertiary/aromatic N) is 2. The number of nitrogen functional groups attached to an aromatic ring is 1. The number of nitrogens with two attached hydrogens (primary N) is 1. The lowest BCUT2D eigenvalue weighted by Gasteiger charge is -2.31. The van der Waals surface area contributed by atoms with Gasteiger partial charge in [-0.2, -0.15) is 0 Å². The topological polar surface area (TPSA) is 51.0 Å². The number of rotatable bonds is 6. The summed E-state index contributed by atoms with van der Waals surface area (Å²) in [5, 5.41) is 0. The van der Waals surface area contributed by atoms with Gasteiger partial charge in [0.1, 0.15) is 23.9 Å². The average molecular weight is 466 g/mol. The summed E-state index contributed by atoms with van der Waals surface area (Å²) < 4.78 is 12.6. The van der Waals surface area contributed by atoms with E-state index in [2.05, 4.69) is 84.6 Å². The summed E-state index contributed by atoms with van der Waals surface area (Å²) in [5.41, 5.74) is 13.2. The zero-order chi connectivity index (χ0) is 24.5. The minimum atomic E-state index is 0.178. The Balaban J connectivity index is 1.61. The van der Waals surface area contributed by atoms with Crippen LogP contribution in [0, 0.1) is 0 Å². The zero-order valence-corrected chi connectivity index (χ0v) is 20.7. The minimum absolute atomic E-state index is 0.178. The van der Waals surface area contributed by atoms with Crippen LogP contribution in [0.3, 0.4) is 0 Å². The van der Waals surface area contributed by atoms with Gasteiger partial charge >= 0.3 is 0 Å². The van der Waals surface area contributed by atoms with E-state index in [4.69, 9.17) is 15.2 Å². The molecule has 3 aromatic rings. The fraction of sp³-hybridized carbons (Fsp3) is 0.200. The minimum Gasteiger partial charge on any atom is -0.489 e. The van der Waals surface area contributed by atoms with Crippen LogP contribution in [0.5, 0.6) is 11.5 Å². The van der Waals surface area contributed by atoms with E-state index in [0.29, 0.717) is 6.61 Å². The van der Waals surface area contributed by atoms with Crippen LogP contribution in [-0.4, -0.2) is 39.1 Å². The molecule has 2 aliphatic rings. The molecule has 5 heteroatoms. The molecule has 0 radical (unpaired) electrons. The fourth-order valence-electron chi connectivity index (χ4n) is 4.44. The number of ether oxygens (including phenoxy) is 2. The second-order valence-electron chi connectivity index (χ2n) is 9.32. The molecule has 5 nitrogen and oxygen atoms in total. The van der Waals surface area contributed by atoms with Gasteiger partial charge in [0, 0.05) is 54.3 Å². The number of fused-ring (bicyclic) bond motifs is 2. The van der Waals surface area contributed by atoms with E-state index in [1.54, 1.807) is 0 Å². The van der Waals surface area contributed by atoms with Crippen LogP contribution in [0.4, 0.5) is 11.4 Å². The third kappa shape index (κ3) is 4.55. The van der Waals surface area contributed by atoms with Crippen molar-refractivity contribution in [2.24, 2.45) is 0 Å². The quantitative estimate of drug-likeness (QED) is 0.488. The Morgan fingerprint density at radius 2 is 1.69 bits per heavy atom. The molecule has 1 heterocycles. The van der Waals surface area contributed by atoms with E-state index in [1.807, 2.05) is 38.4 Å². The van der Waals surface area contributed by atoms with E-state index in [-0.39, 0.29) is 6.04 Å². The molecule has 1 atom stereocenters. The van der Waals surface area contributed by atoms with Gasteiger partial charge in [-0.15, -0.1) is 0 Å². The van der Waals surface area contributed by atoms with Crippen LogP contribution < -0.4 is 20.1 Å². The lowest BCUT2D eigenvalue weighted by atomic mass is 9.85. The van der Waals surface area contributed by atoms with Gasteiger partial charge in [-0.05, 0) is 67.7 Å². The summed E-state index contributed by atoms with van der Waals surface area (Å²) in [5.74, 6) is 2.55. The third-order valence-corrected chi connectivity index (χ3v) is 6.45. The first-order valence-electron chi connectivity index (χ1n) is 11.8. The summed E-state index contributed by atoms with van der Waals surface area (Å²) in [7, 11) is 8.24. The predicted molar refractivity (Wildman–Crippen MR) is 144 cm³/mol. The molecule has 2 N–H and O–H groups in total. The van der Waals surface area contributed by atoms with Crippen molar-refractivity contribution in [1.29, 1.82) is 0 Å². The number of allylic oxidation sites excluding steroid dienone is 1. The van der Waals surface area contributed by atoms with Crippen LogP contribution in [0.2, 0.25) is 0 Å². The number of hydrogen-bond donors (Lipinski definition) is 1. The summed E-state index contributed by atoms with van der Waals surface area (Å²) in [4.78, 5) is 4.26. The first kappa shape index (κ1) is 22.8. The van der Waals surface area contributed by atoms with E-state index in [1.165, 1.54) is 0 Å². The molecule has 0 saturated carbocycles. The maximum atomic E-state index is 6.49. The highest BCUT2D eigenvalue weighted by molar-refractivity contribution is 5.92. The van der Waals surface area contributed by atoms with Crippen molar-refractivity contribution in [3.05, 3.63) is 113 Å². The number of hydrogen-bond acceptors (Lipinski definition) is 5. The Morgan fingerprint density at radius 3 is 2.43 bits per heavy atom. The predicted octanol–water partition coefficient (Wildman–Crippen LogP) is 5.49. The number of anilines is 2. The Kier molecular flexibility index (Phi) is 6.10. The van der Waals surface area contributed by atoms with Gasteiger partial charge in [0.15, 0.2) is 0 Å². The molecule has 0 saturated heterocycles. The molecule has 35 heavy (non-hydrogen) atoms. The van der Waals surface area contributed by atoms with Crippen molar-refractivity contribution in [3.8, 4) is 11.5 Å². The second kappa shape index (κ2) is 9.35. The maximum Gasteiger partial charge on any atom is 0.137 e. The van der Waals surface area contributed by atoms with Crippen molar-refractivity contribution in [3.63, 3.8) is 0 Å². The third-order valence-electron chi connectivity index (χ3n) is 6.45. The Bertz CT molecular complexity index is 1330. The van der Waals surface area contributed by atoms with E-state index < -0.39 is 0 Å². The summed E-state index contributed by atoms with van der Waals surface area (Å²) in [6, 6.07) is 22.5. The van der Waals surface area contributed by atoms with Gasteiger partial charge in [-0.3, -0.25) is 4.90 Å². The molecule has 5 rings (SSSR count). The Labute approximate surface area is 207 Å². The van der Waals surface area contributed by atoms with Crippen molar-refractivity contribution in [1.82, 2.24) is 4.90 Å². The second-order valence-corrected chi connectivity index (χ2v) is 9.32. The molecule has 1 aliphatic heterocycles. The molecule has 1 aliphatic carbocycles. The highest BCUT2D eigenvalue weighted by Crippen LogP contribution is 2.45. The summed E-state index contributed by atoms with van der Waals surface area (Å²) in [6.45, 7) is 0.450. The number of benzene rings is 3. The van der Waals surface area contributed by atoms with Gasteiger partial charge in [-0.1, -0.05) is 36.4 Å². The summed E-state index contributed by atoms with van der Waals surface area (Å²) >= 11 is 0. The first-order chi connectivity index (χ1) is 16.9. The largest absolute Gasteiger partial charge is 0.489 e. The fourth-order valence-corrected chi connectivity index (χ4v) is 4.44. The van der Waals surface area contributed by atoms with Crippen molar-refractivity contribution >= 4 is 16.9 Å². The molecule has 0 aromatic heterocycles. The standard InChI is InChI=1S/C30H31N3O2/c1-32(2)22-11-15-26-28(17-22)35-29-18-23(33(3)4)12-16-27(29)30(26)25-8-6-5-7-20(25)19-34-24-13-9-21(31)10-14-24/h5-18,22H,19,31H2,1-4H3. The normalized spacial score (nSPS) is 16.4. The molecule has 178 valence electrons. The smallest absolute Gasteiger partial charge is 0.137 e. The van der Waals surface area contributed by atoms with Crippen molar-refractivity contribution in [2.45, 2.75) is 12.6 Å². The first-order valence-corrected chi connectivity index (χ1v) is 11.8. The van der Waals surface area contributed by atoms with Crippen LogP contribution >= 0.6 is 0 Å². The van der Waals surface area contributed by atoms with Crippen LogP contribution in [0.1, 0.15) is 16.7 Å². The SMILES string of the molecule is CN(C)c1ccc2c(c1)OC1=CC(N(C)C)C=CC1=C2c1ccccc1COc1ccc(N)cc1. The van der Waals surface area contributed by atoms with Gasteiger partial charge in [-0.25, -0.2) is 0 Å². The van der Waals surface area contributed by atoms with Gasteiger partial charge in [0.05, 0.1) is 0 Å². The lowest BCUT2D eigenvalue weighted by Crippen LogP contribution is -2.27. The molecule has 0 amide bonds. The molecule has 1 unspecified atom stereocenters. The molecule has 3 aromatic carbocycles. The molecular weight excluding hydrogens is 434 g/mol. The zero-order valence-electron chi connectivity index (χ0n) is 20.7. The Hall–Kier alpha value is -3.96. The Morgan fingerprint density at radius 1 is 0.914 bits per heavy atom. The van der Waals surface area contributed by atoms with Crippen LogP contribution in [-0.2, 0) is 6.61 Å². The van der Waals surface area contributed by atoms with Gasteiger partial charge < -0.3 is 20.1 Å². The highest BCUT2D eigenvalue weighted by atomic mass is 16.5. The molecular formula is C30H31N3O2. The van der Waals surface area contributed by atoms with Gasteiger partial charge in [0.2, 0.25) is 0 Å². The maximum absolute atomic E-state index is 6.49. The number of likely N-dealkylation sites (N-methyl/N-ethyl adjacent to an activating group) is 1. The van der Waals surface area contributed by atoms with Crippen LogP contribution in [0.15, 0.2) is 96.3 Å². The monoisotopic (exact) mass is 465 g/mol. The molecule has 0 fully saturated rings. The van der Waals surface area contributed by atoms with Crippen molar-refractivity contribution in [2.75, 3.05) is 38.8 Å².